The molecule has 2 aliphatic rings. The molecule has 130 valence electrons. The minimum Gasteiger partial charge on any atom is -0.381 e. The molecule has 0 atom stereocenters. The molecule has 0 radical (unpaired) electrons. The lowest BCUT2D eigenvalue weighted by Gasteiger charge is -2.34. The highest BCUT2D eigenvalue weighted by molar-refractivity contribution is 5.94. The van der Waals surface area contributed by atoms with Gasteiger partial charge in [-0.05, 0) is 48.7 Å². The average Bonchev–Trinajstić information content (AvgIpc) is 2.91. The second kappa shape index (κ2) is 6.48. The molecular weight excluding hydrogens is 319 g/mol. The summed E-state index contributed by atoms with van der Waals surface area (Å²) in [5.74, 6) is -0.404. The van der Waals surface area contributed by atoms with Gasteiger partial charge in [0.25, 0.3) is 0 Å². The van der Waals surface area contributed by atoms with Crippen molar-refractivity contribution in [2.45, 2.75) is 18.3 Å². The van der Waals surface area contributed by atoms with E-state index in [2.05, 4.69) is 28.4 Å². The van der Waals surface area contributed by atoms with Crippen LogP contribution in [0.2, 0.25) is 0 Å². The molecule has 0 unspecified atom stereocenters. The van der Waals surface area contributed by atoms with Gasteiger partial charge in [-0.15, -0.1) is 0 Å². The maximum atomic E-state index is 13.0. The normalized spacial score (nSPS) is 18.2. The molecule has 1 spiro atoms. The molecule has 1 amide bonds. The van der Waals surface area contributed by atoms with Crippen molar-refractivity contribution in [3.05, 3.63) is 59.9 Å². The number of carbonyl (C=O) groups is 1. The molecule has 2 aliphatic heterocycles. The van der Waals surface area contributed by atoms with Gasteiger partial charge in [0, 0.05) is 36.5 Å². The smallest absolute Gasteiger partial charge is 0.243 e. The van der Waals surface area contributed by atoms with E-state index in [-0.39, 0.29) is 23.7 Å². The van der Waals surface area contributed by atoms with Crippen LogP contribution >= 0.6 is 0 Å². The first-order valence-corrected chi connectivity index (χ1v) is 8.64. The fourth-order valence-electron chi connectivity index (χ4n) is 3.97. The summed E-state index contributed by atoms with van der Waals surface area (Å²) in [6.07, 6.45) is 1.97. The van der Waals surface area contributed by atoms with Gasteiger partial charge in [0.1, 0.15) is 5.82 Å². The lowest BCUT2D eigenvalue weighted by Crippen LogP contribution is -2.41. The standard InChI is InChI=1S/C20H21FN2O2/c21-15-5-7-16(8-6-15)22-19(24)13-23-14-20(9-11-25-12-10-20)17-3-1-2-4-18(17)23/h1-8H,9-14H2,(H,22,24). The molecule has 25 heavy (non-hydrogen) atoms. The minimum atomic E-state index is -0.312. The molecule has 5 heteroatoms. The van der Waals surface area contributed by atoms with Crippen molar-refractivity contribution in [2.24, 2.45) is 0 Å². The summed E-state index contributed by atoms with van der Waals surface area (Å²) in [7, 11) is 0. The Morgan fingerprint density at radius 2 is 1.84 bits per heavy atom. The average molecular weight is 340 g/mol. The van der Waals surface area contributed by atoms with E-state index in [0.29, 0.717) is 5.69 Å². The zero-order valence-electron chi connectivity index (χ0n) is 14.0. The largest absolute Gasteiger partial charge is 0.381 e. The van der Waals surface area contributed by atoms with E-state index >= 15 is 0 Å². The number of carbonyl (C=O) groups excluding carboxylic acids is 1. The molecule has 0 saturated carbocycles. The number of nitrogens with one attached hydrogen (secondary N) is 1. The predicted octanol–water partition coefficient (Wildman–Crippen LogP) is 3.33. The van der Waals surface area contributed by atoms with Crippen LogP contribution in [0, 0.1) is 5.82 Å². The number of rotatable bonds is 3. The molecule has 0 bridgehead atoms. The van der Waals surface area contributed by atoms with Crippen LogP contribution in [0.25, 0.3) is 0 Å². The molecule has 2 aromatic rings. The number of benzene rings is 2. The zero-order valence-corrected chi connectivity index (χ0v) is 14.0. The summed E-state index contributed by atoms with van der Waals surface area (Å²) in [5, 5.41) is 2.85. The Hall–Kier alpha value is -2.40. The number of fused-ring (bicyclic) bond motifs is 2. The lowest BCUT2D eigenvalue weighted by atomic mass is 9.76. The second-order valence-corrected chi connectivity index (χ2v) is 6.82. The lowest BCUT2D eigenvalue weighted by molar-refractivity contribution is -0.115. The molecule has 4 nitrogen and oxygen atoms in total. The molecule has 1 saturated heterocycles. The molecule has 1 N–H and O–H groups in total. The Morgan fingerprint density at radius 1 is 1.12 bits per heavy atom. The SMILES string of the molecule is O=C(CN1CC2(CCOCC2)c2ccccc21)Nc1ccc(F)cc1. The number of halogens is 1. The van der Waals surface area contributed by atoms with E-state index in [1.807, 2.05) is 6.07 Å². The highest BCUT2D eigenvalue weighted by Crippen LogP contribution is 2.46. The van der Waals surface area contributed by atoms with Gasteiger partial charge < -0.3 is 15.0 Å². The van der Waals surface area contributed by atoms with E-state index in [9.17, 15) is 9.18 Å². The Labute approximate surface area is 146 Å². The van der Waals surface area contributed by atoms with Crippen LogP contribution in [0.1, 0.15) is 18.4 Å². The minimum absolute atomic E-state index is 0.0883. The first kappa shape index (κ1) is 16.1. The van der Waals surface area contributed by atoms with Gasteiger partial charge in [-0.2, -0.15) is 0 Å². The van der Waals surface area contributed by atoms with Crippen molar-refractivity contribution >= 4 is 17.3 Å². The molecular formula is C20H21FN2O2. The van der Waals surface area contributed by atoms with Gasteiger partial charge in [0.2, 0.25) is 5.91 Å². The quantitative estimate of drug-likeness (QED) is 0.932. The Kier molecular flexibility index (Phi) is 4.17. The van der Waals surface area contributed by atoms with Crippen molar-refractivity contribution in [3.8, 4) is 0 Å². The maximum Gasteiger partial charge on any atom is 0.243 e. The third-order valence-electron chi connectivity index (χ3n) is 5.22. The topological polar surface area (TPSA) is 41.6 Å². The van der Waals surface area contributed by atoms with Crippen LogP contribution in [0.4, 0.5) is 15.8 Å². The van der Waals surface area contributed by atoms with Gasteiger partial charge in [-0.3, -0.25) is 4.79 Å². The summed E-state index contributed by atoms with van der Waals surface area (Å²) in [6, 6.07) is 14.2. The fourth-order valence-corrected chi connectivity index (χ4v) is 3.97. The molecule has 1 fully saturated rings. The zero-order chi connectivity index (χ0) is 17.3. The molecule has 4 rings (SSSR count). The molecule has 2 aromatic carbocycles. The van der Waals surface area contributed by atoms with Crippen molar-refractivity contribution in [3.63, 3.8) is 0 Å². The van der Waals surface area contributed by atoms with Crippen LogP contribution < -0.4 is 10.2 Å². The van der Waals surface area contributed by atoms with E-state index in [1.54, 1.807) is 12.1 Å². The molecule has 2 heterocycles. The van der Waals surface area contributed by atoms with Gasteiger partial charge in [-0.25, -0.2) is 4.39 Å². The van der Waals surface area contributed by atoms with Crippen molar-refractivity contribution in [2.75, 3.05) is 36.5 Å². The summed E-state index contributed by atoms with van der Waals surface area (Å²) in [6.45, 7) is 2.66. The van der Waals surface area contributed by atoms with Crippen molar-refractivity contribution in [1.29, 1.82) is 0 Å². The van der Waals surface area contributed by atoms with Crippen LogP contribution in [0.5, 0.6) is 0 Å². The van der Waals surface area contributed by atoms with Gasteiger partial charge in [0.05, 0.1) is 6.54 Å². The van der Waals surface area contributed by atoms with E-state index in [1.165, 1.54) is 17.7 Å². The third kappa shape index (κ3) is 3.12. The first-order chi connectivity index (χ1) is 12.2. The second-order valence-electron chi connectivity index (χ2n) is 6.82. The number of para-hydroxylation sites is 1. The first-order valence-electron chi connectivity index (χ1n) is 8.64. The Balaban J connectivity index is 1.51. The Bertz CT molecular complexity index is 770. The van der Waals surface area contributed by atoms with Gasteiger partial charge in [-0.1, -0.05) is 18.2 Å². The predicted molar refractivity (Wildman–Crippen MR) is 95.4 cm³/mol. The summed E-state index contributed by atoms with van der Waals surface area (Å²) in [4.78, 5) is 14.6. The van der Waals surface area contributed by atoms with Crippen LogP contribution in [0.15, 0.2) is 48.5 Å². The van der Waals surface area contributed by atoms with Crippen molar-refractivity contribution in [1.82, 2.24) is 0 Å². The molecule has 0 aromatic heterocycles. The van der Waals surface area contributed by atoms with Crippen LogP contribution in [0.3, 0.4) is 0 Å². The van der Waals surface area contributed by atoms with E-state index in [4.69, 9.17) is 4.74 Å². The molecule has 0 aliphatic carbocycles. The van der Waals surface area contributed by atoms with Crippen LogP contribution in [-0.4, -0.2) is 32.2 Å². The number of anilines is 2. The summed E-state index contributed by atoms with van der Waals surface area (Å²) < 4.78 is 18.5. The highest BCUT2D eigenvalue weighted by atomic mass is 19.1. The summed E-state index contributed by atoms with van der Waals surface area (Å²) >= 11 is 0. The number of hydrogen-bond donors (Lipinski definition) is 1. The Morgan fingerprint density at radius 3 is 2.60 bits per heavy atom. The number of ether oxygens (including phenoxy) is 1. The van der Waals surface area contributed by atoms with Crippen molar-refractivity contribution < 1.29 is 13.9 Å². The fraction of sp³-hybridized carbons (Fsp3) is 0.350. The highest BCUT2D eigenvalue weighted by Gasteiger charge is 2.43. The van der Waals surface area contributed by atoms with E-state index in [0.717, 1.165) is 38.3 Å². The summed E-state index contributed by atoms with van der Waals surface area (Å²) in [5.41, 5.74) is 3.16. The number of amides is 1. The van der Waals surface area contributed by atoms with Crippen LogP contribution in [-0.2, 0) is 14.9 Å². The number of hydrogen-bond acceptors (Lipinski definition) is 3. The van der Waals surface area contributed by atoms with Gasteiger partial charge in [0.15, 0.2) is 0 Å². The maximum absolute atomic E-state index is 13.0. The van der Waals surface area contributed by atoms with E-state index < -0.39 is 0 Å². The van der Waals surface area contributed by atoms with Gasteiger partial charge >= 0.3 is 0 Å². The monoisotopic (exact) mass is 340 g/mol. The third-order valence-corrected chi connectivity index (χ3v) is 5.22. The number of nitrogens with zero attached hydrogens (tertiary/aromatic N) is 1.